The number of nitrogens with one attached hydrogen (secondary N) is 1. The fourth-order valence-corrected chi connectivity index (χ4v) is 3.80. The molecule has 1 N–H and O–H groups in total. The van der Waals surface area contributed by atoms with Crippen molar-refractivity contribution in [3.8, 4) is 5.75 Å². The molecule has 0 aliphatic heterocycles. The lowest BCUT2D eigenvalue weighted by molar-refractivity contribution is -0.118. The molecule has 0 saturated carbocycles. The van der Waals surface area contributed by atoms with E-state index >= 15 is 0 Å². The second kappa shape index (κ2) is 10.3. The first-order valence-electron chi connectivity index (χ1n) is 9.35. The highest BCUT2D eigenvalue weighted by molar-refractivity contribution is 7.99. The maximum Gasteiger partial charge on any atom is 0.230 e. The lowest BCUT2D eigenvalue weighted by atomic mass is 10.2. The molecule has 3 rings (SSSR count). The number of nitrogens with zero attached hydrogens (tertiary/aromatic N) is 3. The molecule has 0 spiro atoms. The Morgan fingerprint density at radius 1 is 1.21 bits per heavy atom. The zero-order valence-electron chi connectivity index (χ0n) is 16.3. The van der Waals surface area contributed by atoms with Gasteiger partial charge in [-0.15, -0.1) is 10.2 Å². The first kappa shape index (κ1) is 21.2. The van der Waals surface area contributed by atoms with Gasteiger partial charge in [0.05, 0.1) is 5.75 Å². The van der Waals surface area contributed by atoms with Crippen molar-refractivity contribution in [1.82, 2.24) is 20.1 Å². The van der Waals surface area contributed by atoms with Gasteiger partial charge in [-0.2, -0.15) is 0 Å². The average Bonchev–Trinajstić information content (AvgIpc) is 3.14. The molecule has 2 aromatic carbocycles. The van der Waals surface area contributed by atoms with E-state index in [4.69, 9.17) is 16.3 Å². The number of carbonyl (C=O) groups is 1. The van der Waals surface area contributed by atoms with Crippen LogP contribution in [0.15, 0.2) is 59.8 Å². The van der Waals surface area contributed by atoms with Gasteiger partial charge in [-0.05, 0) is 37.6 Å². The standard InChI is InChI=1S/C21H23ClN4O2S/c1-3-26-20(15(2)28-18-11-7-10-17(22)12-18)24-25-21(26)29-14-19(27)23-13-16-8-5-4-6-9-16/h4-12,15H,3,13-14H2,1-2H3,(H,23,27). The summed E-state index contributed by atoms with van der Waals surface area (Å²) in [5.74, 6) is 1.60. The normalized spacial score (nSPS) is 11.8. The number of halogens is 1. The highest BCUT2D eigenvalue weighted by Crippen LogP contribution is 2.26. The largest absolute Gasteiger partial charge is 0.483 e. The van der Waals surface area contributed by atoms with E-state index in [9.17, 15) is 4.79 Å². The second-order valence-corrected chi connectivity index (χ2v) is 7.73. The van der Waals surface area contributed by atoms with Crippen LogP contribution in [-0.4, -0.2) is 26.4 Å². The molecule has 3 aromatic rings. The van der Waals surface area contributed by atoms with Crippen molar-refractivity contribution < 1.29 is 9.53 Å². The van der Waals surface area contributed by atoms with Crippen molar-refractivity contribution in [2.75, 3.05) is 5.75 Å². The predicted molar refractivity (Wildman–Crippen MR) is 115 cm³/mol. The van der Waals surface area contributed by atoms with Gasteiger partial charge in [0.2, 0.25) is 5.91 Å². The summed E-state index contributed by atoms with van der Waals surface area (Å²) in [7, 11) is 0. The molecule has 6 nitrogen and oxygen atoms in total. The van der Waals surface area contributed by atoms with Crippen molar-refractivity contribution >= 4 is 29.3 Å². The third kappa shape index (κ3) is 5.98. The molecule has 0 fully saturated rings. The molecule has 1 amide bonds. The van der Waals surface area contributed by atoms with Gasteiger partial charge in [0.1, 0.15) is 5.75 Å². The number of carbonyl (C=O) groups excluding carboxylic acids is 1. The smallest absolute Gasteiger partial charge is 0.230 e. The number of thioether (sulfide) groups is 1. The highest BCUT2D eigenvalue weighted by atomic mass is 35.5. The lowest BCUT2D eigenvalue weighted by Gasteiger charge is -2.15. The Morgan fingerprint density at radius 2 is 2.00 bits per heavy atom. The minimum atomic E-state index is -0.304. The Bertz CT molecular complexity index is 949. The van der Waals surface area contributed by atoms with Crippen molar-refractivity contribution in [2.45, 2.75) is 38.2 Å². The van der Waals surface area contributed by atoms with E-state index in [2.05, 4.69) is 15.5 Å². The third-order valence-corrected chi connectivity index (χ3v) is 5.40. The van der Waals surface area contributed by atoms with E-state index in [1.165, 1.54) is 11.8 Å². The number of hydrogen-bond acceptors (Lipinski definition) is 5. The van der Waals surface area contributed by atoms with Crippen LogP contribution in [0.2, 0.25) is 5.02 Å². The molecular formula is C21H23ClN4O2S. The average molecular weight is 431 g/mol. The van der Waals surface area contributed by atoms with Crippen LogP contribution < -0.4 is 10.1 Å². The van der Waals surface area contributed by atoms with E-state index in [1.807, 2.05) is 60.9 Å². The highest BCUT2D eigenvalue weighted by Gasteiger charge is 2.19. The molecular weight excluding hydrogens is 408 g/mol. The van der Waals surface area contributed by atoms with Gasteiger partial charge in [-0.1, -0.05) is 59.8 Å². The van der Waals surface area contributed by atoms with Gasteiger partial charge < -0.3 is 14.6 Å². The van der Waals surface area contributed by atoms with E-state index in [-0.39, 0.29) is 17.8 Å². The molecule has 1 aromatic heterocycles. The van der Waals surface area contributed by atoms with Crippen LogP contribution in [0.3, 0.4) is 0 Å². The first-order valence-corrected chi connectivity index (χ1v) is 10.7. The Kier molecular flexibility index (Phi) is 7.55. The molecule has 152 valence electrons. The summed E-state index contributed by atoms with van der Waals surface area (Å²) in [6.07, 6.45) is -0.304. The summed E-state index contributed by atoms with van der Waals surface area (Å²) >= 11 is 7.38. The Balaban J connectivity index is 1.57. The van der Waals surface area contributed by atoms with Gasteiger partial charge in [-0.25, -0.2) is 0 Å². The zero-order chi connectivity index (χ0) is 20.6. The number of ether oxygens (including phenoxy) is 1. The minimum absolute atomic E-state index is 0.0470. The van der Waals surface area contributed by atoms with E-state index in [0.29, 0.717) is 34.8 Å². The molecule has 1 heterocycles. The molecule has 1 unspecified atom stereocenters. The Labute approximate surface area is 179 Å². The minimum Gasteiger partial charge on any atom is -0.483 e. The van der Waals surface area contributed by atoms with Crippen LogP contribution >= 0.6 is 23.4 Å². The van der Waals surface area contributed by atoms with Gasteiger partial charge in [0, 0.05) is 18.1 Å². The van der Waals surface area contributed by atoms with Crippen LogP contribution in [0.1, 0.15) is 31.3 Å². The number of hydrogen-bond donors (Lipinski definition) is 1. The van der Waals surface area contributed by atoms with E-state index in [1.54, 1.807) is 12.1 Å². The van der Waals surface area contributed by atoms with Gasteiger partial charge in [-0.3, -0.25) is 4.79 Å². The molecule has 0 bridgehead atoms. The summed E-state index contributed by atoms with van der Waals surface area (Å²) in [4.78, 5) is 12.2. The van der Waals surface area contributed by atoms with Crippen LogP contribution in [0.4, 0.5) is 0 Å². The molecule has 0 saturated heterocycles. The van der Waals surface area contributed by atoms with Crippen LogP contribution in [0, 0.1) is 0 Å². The summed E-state index contributed by atoms with van der Waals surface area (Å²) in [6, 6.07) is 17.1. The Hall–Kier alpha value is -2.51. The van der Waals surface area contributed by atoms with E-state index < -0.39 is 0 Å². The number of rotatable bonds is 9. The van der Waals surface area contributed by atoms with Gasteiger partial charge in [0.25, 0.3) is 0 Å². The number of aromatic nitrogens is 3. The monoisotopic (exact) mass is 430 g/mol. The summed E-state index contributed by atoms with van der Waals surface area (Å²) in [5.41, 5.74) is 1.07. The molecule has 0 radical (unpaired) electrons. The lowest BCUT2D eigenvalue weighted by Crippen LogP contribution is -2.24. The molecule has 0 aliphatic rings. The van der Waals surface area contributed by atoms with Crippen LogP contribution in [0.25, 0.3) is 0 Å². The van der Waals surface area contributed by atoms with Gasteiger partial charge >= 0.3 is 0 Å². The predicted octanol–water partition coefficient (Wildman–Crippen LogP) is 4.50. The molecule has 0 aliphatic carbocycles. The summed E-state index contributed by atoms with van der Waals surface area (Å²) < 4.78 is 7.92. The van der Waals surface area contributed by atoms with Crippen LogP contribution in [-0.2, 0) is 17.9 Å². The third-order valence-electron chi connectivity index (χ3n) is 4.20. The SMILES string of the molecule is CCn1c(SCC(=O)NCc2ccccc2)nnc1C(C)Oc1cccc(Cl)c1. The molecule has 8 heteroatoms. The Morgan fingerprint density at radius 3 is 2.72 bits per heavy atom. The maximum absolute atomic E-state index is 12.2. The molecule has 29 heavy (non-hydrogen) atoms. The first-order chi connectivity index (χ1) is 14.1. The van der Waals surface area contributed by atoms with Crippen molar-refractivity contribution in [3.63, 3.8) is 0 Å². The van der Waals surface area contributed by atoms with Crippen molar-refractivity contribution in [2.24, 2.45) is 0 Å². The summed E-state index contributed by atoms with van der Waals surface area (Å²) in [5, 5.41) is 12.8. The second-order valence-electron chi connectivity index (χ2n) is 6.35. The van der Waals surface area contributed by atoms with Gasteiger partial charge in [0.15, 0.2) is 17.1 Å². The van der Waals surface area contributed by atoms with Crippen LogP contribution in [0.5, 0.6) is 5.75 Å². The van der Waals surface area contributed by atoms with E-state index in [0.717, 1.165) is 5.56 Å². The number of benzene rings is 2. The topological polar surface area (TPSA) is 69.0 Å². The molecule has 1 atom stereocenters. The quantitative estimate of drug-likeness (QED) is 0.506. The maximum atomic E-state index is 12.2. The summed E-state index contributed by atoms with van der Waals surface area (Å²) in [6.45, 7) is 5.12. The number of amides is 1. The fraction of sp³-hybridized carbons (Fsp3) is 0.286. The van der Waals surface area contributed by atoms with Crippen molar-refractivity contribution in [1.29, 1.82) is 0 Å². The van der Waals surface area contributed by atoms with Crippen molar-refractivity contribution in [3.05, 3.63) is 71.0 Å². The zero-order valence-corrected chi connectivity index (χ0v) is 17.9. The fourth-order valence-electron chi connectivity index (χ4n) is 2.78.